The molecule has 0 radical (unpaired) electrons. The van der Waals surface area contributed by atoms with Crippen LogP contribution >= 0.6 is 0 Å². The average molecular weight is 310 g/mol. The van der Waals surface area contributed by atoms with E-state index in [1.54, 1.807) is 7.05 Å². The number of benzene rings is 1. The van der Waals surface area contributed by atoms with E-state index in [1.807, 2.05) is 18.3 Å². The predicted octanol–water partition coefficient (Wildman–Crippen LogP) is 3.03. The van der Waals surface area contributed by atoms with Gasteiger partial charge in [-0.25, -0.2) is 0 Å². The maximum atomic E-state index is 4.40. The van der Waals surface area contributed by atoms with Crippen LogP contribution in [0.1, 0.15) is 30.7 Å². The molecular weight excluding hydrogens is 284 g/mol. The summed E-state index contributed by atoms with van der Waals surface area (Å²) in [5.41, 5.74) is 3.56. The van der Waals surface area contributed by atoms with Crippen LogP contribution in [0.15, 0.2) is 53.7 Å². The number of hydrogen-bond donors (Lipinski definition) is 2. The van der Waals surface area contributed by atoms with E-state index in [-0.39, 0.29) is 5.41 Å². The molecule has 1 heterocycles. The summed E-state index contributed by atoms with van der Waals surface area (Å²) in [6, 6.07) is 14.5. The number of aryl methyl sites for hydroxylation is 1. The second kappa shape index (κ2) is 7.77. The Morgan fingerprint density at radius 1 is 1.09 bits per heavy atom. The average Bonchev–Trinajstić information content (AvgIpc) is 2.57. The normalized spacial score (nSPS) is 12.1. The van der Waals surface area contributed by atoms with E-state index in [2.05, 4.69) is 71.7 Å². The molecular formula is C19H26N4. The molecule has 0 atom stereocenters. The fourth-order valence-corrected chi connectivity index (χ4v) is 2.39. The van der Waals surface area contributed by atoms with E-state index in [1.165, 1.54) is 11.1 Å². The van der Waals surface area contributed by atoms with Gasteiger partial charge in [-0.05, 0) is 24.1 Å². The minimum absolute atomic E-state index is 0.0276. The van der Waals surface area contributed by atoms with E-state index in [4.69, 9.17) is 0 Å². The van der Waals surface area contributed by atoms with Crippen LogP contribution in [-0.4, -0.2) is 24.5 Å². The van der Waals surface area contributed by atoms with Crippen LogP contribution in [0.3, 0.4) is 0 Å². The number of hydrogen-bond acceptors (Lipinski definition) is 2. The van der Waals surface area contributed by atoms with Gasteiger partial charge in [0, 0.05) is 25.2 Å². The van der Waals surface area contributed by atoms with E-state index in [0.29, 0.717) is 6.54 Å². The van der Waals surface area contributed by atoms with Crippen LogP contribution in [0.5, 0.6) is 0 Å². The Labute approximate surface area is 139 Å². The molecule has 2 N–H and O–H groups in total. The van der Waals surface area contributed by atoms with Gasteiger partial charge in [0.25, 0.3) is 0 Å². The third-order valence-corrected chi connectivity index (χ3v) is 4.02. The highest BCUT2D eigenvalue weighted by molar-refractivity contribution is 5.79. The van der Waals surface area contributed by atoms with E-state index in [9.17, 15) is 0 Å². The summed E-state index contributed by atoms with van der Waals surface area (Å²) in [4.78, 5) is 8.69. The Morgan fingerprint density at radius 3 is 2.48 bits per heavy atom. The highest BCUT2D eigenvalue weighted by Crippen LogP contribution is 2.21. The van der Waals surface area contributed by atoms with Crippen LogP contribution in [0, 0.1) is 6.92 Å². The van der Waals surface area contributed by atoms with Crippen LogP contribution in [0.4, 0.5) is 0 Å². The van der Waals surface area contributed by atoms with Gasteiger partial charge in [-0.2, -0.15) is 0 Å². The lowest BCUT2D eigenvalue weighted by Gasteiger charge is -2.26. The fraction of sp³-hybridized carbons (Fsp3) is 0.368. The molecule has 0 aliphatic carbocycles. The van der Waals surface area contributed by atoms with Gasteiger partial charge < -0.3 is 10.6 Å². The van der Waals surface area contributed by atoms with Gasteiger partial charge >= 0.3 is 0 Å². The van der Waals surface area contributed by atoms with Crippen molar-refractivity contribution in [3.05, 3.63) is 65.5 Å². The molecule has 122 valence electrons. The SMILES string of the molecule is CN=C(NCc1ncccc1C)NCC(C)(C)c1ccccc1. The maximum Gasteiger partial charge on any atom is 0.191 e. The van der Waals surface area contributed by atoms with Crippen LogP contribution in [-0.2, 0) is 12.0 Å². The van der Waals surface area contributed by atoms with Crippen LogP contribution in [0.2, 0.25) is 0 Å². The standard InChI is InChI=1S/C19H26N4/c1-15-9-8-12-21-17(15)13-22-18(20-4)23-14-19(2,3)16-10-6-5-7-11-16/h5-12H,13-14H2,1-4H3,(H2,20,22,23). The van der Waals surface area contributed by atoms with Gasteiger partial charge in [-0.1, -0.05) is 50.2 Å². The first-order valence-electron chi connectivity index (χ1n) is 7.93. The number of guanidine groups is 1. The number of nitrogens with zero attached hydrogens (tertiary/aromatic N) is 2. The second-order valence-electron chi connectivity index (χ2n) is 6.30. The molecule has 0 saturated carbocycles. The lowest BCUT2D eigenvalue weighted by Crippen LogP contribution is -2.43. The molecule has 0 amide bonds. The molecule has 0 spiro atoms. The van der Waals surface area contributed by atoms with E-state index >= 15 is 0 Å². The van der Waals surface area contributed by atoms with Gasteiger partial charge in [0.2, 0.25) is 0 Å². The molecule has 0 unspecified atom stereocenters. The highest BCUT2D eigenvalue weighted by atomic mass is 15.2. The Hall–Kier alpha value is -2.36. The summed E-state index contributed by atoms with van der Waals surface area (Å²) >= 11 is 0. The minimum atomic E-state index is 0.0276. The predicted molar refractivity (Wildman–Crippen MR) is 96.6 cm³/mol. The topological polar surface area (TPSA) is 49.3 Å². The van der Waals surface area contributed by atoms with Gasteiger partial charge in [0.1, 0.15) is 0 Å². The molecule has 0 bridgehead atoms. The number of aliphatic imine (C=N–C) groups is 1. The first-order chi connectivity index (χ1) is 11.0. The van der Waals surface area contributed by atoms with Gasteiger partial charge in [0.15, 0.2) is 5.96 Å². The Morgan fingerprint density at radius 2 is 1.83 bits per heavy atom. The number of pyridine rings is 1. The fourth-order valence-electron chi connectivity index (χ4n) is 2.39. The van der Waals surface area contributed by atoms with Crippen molar-refractivity contribution < 1.29 is 0 Å². The Kier molecular flexibility index (Phi) is 5.74. The molecule has 2 aromatic rings. The Bertz CT molecular complexity index is 647. The summed E-state index contributed by atoms with van der Waals surface area (Å²) in [5.74, 6) is 0.791. The second-order valence-corrected chi connectivity index (χ2v) is 6.30. The monoisotopic (exact) mass is 310 g/mol. The highest BCUT2D eigenvalue weighted by Gasteiger charge is 2.20. The van der Waals surface area contributed by atoms with Gasteiger partial charge in [0.05, 0.1) is 12.2 Å². The number of nitrogens with one attached hydrogen (secondary N) is 2. The van der Waals surface area contributed by atoms with Crippen molar-refractivity contribution in [1.82, 2.24) is 15.6 Å². The number of aromatic nitrogens is 1. The third kappa shape index (κ3) is 4.81. The molecule has 0 aliphatic heterocycles. The lowest BCUT2D eigenvalue weighted by molar-refractivity contribution is 0.508. The van der Waals surface area contributed by atoms with Crippen molar-refractivity contribution in [2.75, 3.05) is 13.6 Å². The largest absolute Gasteiger partial charge is 0.356 e. The minimum Gasteiger partial charge on any atom is -0.356 e. The van der Waals surface area contributed by atoms with E-state index < -0.39 is 0 Å². The molecule has 4 heteroatoms. The summed E-state index contributed by atoms with van der Waals surface area (Å²) in [6.45, 7) is 7.99. The third-order valence-electron chi connectivity index (χ3n) is 4.02. The lowest BCUT2D eigenvalue weighted by atomic mass is 9.85. The Balaban J connectivity index is 1.92. The van der Waals surface area contributed by atoms with Crippen molar-refractivity contribution in [2.24, 2.45) is 4.99 Å². The van der Waals surface area contributed by atoms with Crippen LogP contribution in [0.25, 0.3) is 0 Å². The molecule has 4 nitrogen and oxygen atoms in total. The van der Waals surface area contributed by atoms with Gasteiger partial charge in [-0.15, -0.1) is 0 Å². The molecule has 0 aliphatic rings. The quantitative estimate of drug-likeness (QED) is 0.659. The first-order valence-corrected chi connectivity index (χ1v) is 7.93. The molecule has 23 heavy (non-hydrogen) atoms. The van der Waals surface area contributed by atoms with E-state index in [0.717, 1.165) is 18.2 Å². The number of rotatable bonds is 5. The maximum absolute atomic E-state index is 4.40. The zero-order chi connectivity index (χ0) is 16.7. The summed E-state index contributed by atoms with van der Waals surface area (Å²) in [6.07, 6.45) is 1.82. The van der Waals surface area contributed by atoms with Crippen molar-refractivity contribution >= 4 is 5.96 Å². The molecule has 1 aromatic heterocycles. The van der Waals surface area contributed by atoms with Crippen molar-refractivity contribution in [3.8, 4) is 0 Å². The summed E-state index contributed by atoms with van der Waals surface area (Å²) in [5, 5.41) is 6.74. The molecule has 2 rings (SSSR count). The summed E-state index contributed by atoms with van der Waals surface area (Å²) < 4.78 is 0. The molecule has 0 saturated heterocycles. The zero-order valence-electron chi connectivity index (χ0n) is 14.4. The van der Waals surface area contributed by atoms with Crippen molar-refractivity contribution in [1.29, 1.82) is 0 Å². The van der Waals surface area contributed by atoms with Crippen molar-refractivity contribution in [3.63, 3.8) is 0 Å². The van der Waals surface area contributed by atoms with Crippen molar-refractivity contribution in [2.45, 2.75) is 32.7 Å². The smallest absolute Gasteiger partial charge is 0.191 e. The summed E-state index contributed by atoms with van der Waals surface area (Å²) in [7, 11) is 1.79. The van der Waals surface area contributed by atoms with Gasteiger partial charge in [-0.3, -0.25) is 9.98 Å². The molecule has 0 fully saturated rings. The van der Waals surface area contributed by atoms with Crippen LogP contribution < -0.4 is 10.6 Å². The first kappa shape index (κ1) is 17.0. The molecule has 1 aromatic carbocycles. The zero-order valence-corrected chi connectivity index (χ0v) is 14.4.